The van der Waals surface area contributed by atoms with Gasteiger partial charge in [-0.1, -0.05) is 0 Å². The molecule has 0 bridgehead atoms. The molecule has 1 aromatic rings. The molecular formula is C14H18N4O. The van der Waals surface area contributed by atoms with Gasteiger partial charge in [-0.3, -0.25) is 4.79 Å². The number of amides is 1. The molecule has 0 unspecified atom stereocenters. The molecule has 0 N–H and O–H groups in total. The van der Waals surface area contributed by atoms with Crippen LogP contribution in [0.5, 0.6) is 0 Å². The first-order chi connectivity index (χ1) is 8.87. The molecule has 5 heteroatoms. The monoisotopic (exact) mass is 258 g/mol. The fourth-order valence-electron chi connectivity index (χ4n) is 2.42. The Hall–Kier alpha value is -2.09. The van der Waals surface area contributed by atoms with Gasteiger partial charge in [0.25, 0.3) is 0 Å². The average Bonchev–Trinajstić information content (AvgIpc) is 2.36. The van der Waals surface area contributed by atoms with Gasteiger partial charge in [0.2, 0.25) is 5.91 Å². The van der Waals surface area contributed by atoms with E-state index in [4.69, 9.17) is 0 Å². The van der Waals surface area contributed by atoms with Crippen LogP contribution in [0.3, 0.4) is 0 Å². The number of likely N-dealkylation sites (N-methyl/N-ethyl adjacent to an activating group) is 1. The number of pyridine rings is 1. The van der Waals surface area contributed by atoms with Crippen LogP contribution >= 0.6 is 0 Å². The molecule has 0 saturated carbocycles. The molecule has 1 aliphatic heterocycles. The highest BCUT2D eigenvalue weighted by atomic mass is 16.2. The molecular weight excluding hydrogens is 240 g/mol. The van der Waals surface area contributed by atoms with E-state index in [1.54, 1.807) is 18.0 Å². The molecule has 0 radical (unpaired) electrons. The zero-order chi connectivity index (χ0) is 14.2. The Kier molecular flexibility index (Phi) is 3.19. The third-order valence-corrected chi connectivity index (χ3v) is 3.59. The minimum atomic E-state index is -0.681. The maximum atomic E-state index is 12.3. The molecule has 1 saturated heterocycles. The molecule has 1 amide bonds. The first-order valence-electron chi connectivity index (χ1n) is 6.29. The third kappa shape index (κ3) is 2.14. The molecule has 0 aromatic carbocycles. The van der Waals surface area contributed by atoms with Crippen molar-refractivity contribution in [2.75, 3.05) is 25.0 Å². The normalized spacial score (nSPS) is 18.4. The predicted molar refractivity (Wildman–Crippen MR) is 72.8 cm³/mol. The average molecular weight is 258 g/mol. The van der Waals surface area contributed by atoms with Gasteiger partial charge in [0.05, 0.1) is 5.56 Å². The first kappa shape index (κ1) is 13.3. The van der Waals surface area contributed by atoms with Gasteiger partial charge in [0.1, 0.15) is 17.4 Å². The smallest absolute Gasteiger partial charge is 0.247 e. The van der Waals surface area contributed by atoms with Crippen LogP contribution in [-0.2, 0) is 4.79 Å². The molecule has 100 valence electrons. The number of aromatic nitrogens is 1. The lowest BCUT2D eigenvalue weighted by atomic mass is 9.97. The number of hydrogen-bond donors (Lipinski definition) is 0. The second-order valence-corrected chi connectivity index (χ2v) is 5.37. The Morgan fingerprint density at radius 3 is 2.68 bits per heavy atom. The minimum Gasteiger partial charge on any atom is -0.342 e. The highest BCUT2D eigenvalue weighted by Crippen LogP contribution is 2.29. The second-order valence-electron chi connectivity index (χ2n) is 5.37. The summed E-state index contributed by atoms with van der Waals surface area (Å²) in [5.74, 6) is 0.653. The van der Waals surface area contributed by atoms with Gasteiger partial charge in [-0.15, -0.1) is 0 Å². The molecule has 19 heavy (non-hydrogen) atoms. The lowest BCUT2D eigenvalue weighted by molar-refractivity contribution is -0.136. The number of anilines is 1. The fourth-order valence-corrected chi connectivity index (χ4v) is 2.42. The van der Waals surface area contributed by atoms with Gasteiger partial charge in [-0.05, 0) is 32.9 Å². The van der Waals surface area contributed by atoms with E-state index >= 15 is 0 Å². The first-order valence-corrected chi connectivity index (χ1v) is 6.29. The molecule has 2 rings (SSSR count). The number of piperazine rings is 1. The Labute approximate surface area is 113 Å². The van der Waals surface area contributed by atoms with Crippen LogP contribution in [0.2, 0.25) is 0 Å². The van der Waals surface area contributed by atoms with Gasteiger partial charge in [0.15, 0.2) is 0 Å². The molecule has 5 nitrogen and oxygen atoms in total. The van der Waals surface area contributed by atoms with Crippen LogP contribution in [0.1, 0.15) is 25.1 Å². The standard InChI is InChI=1S/C14H18N4O/c1-10-5-6-11(9-15)12(16-10)18-8-7-17(4)13(19)14(18,2)3/h5-6H,7-8H2,1-4H3. The van der Waals surface area contributed by atoms with E-state index in [-0.39, 0.29) is 5.91 Å². The van der Waals surface area contributed by atoms with Crippen LogP contribution in [0.15, 0.2) is 12.1 Å². The Bertz CT molecular complexity index is 559. The third-order valence-electron chi connectivity index (χ3n) is 3.59. The summed E-state index contributed by atoms with van der Waals surface area (Å²) >= 11 is 0. The zero-order valence-electron chi connectivity index (χ0n) is 11.8. The van der Waals surface area contributed by atoms with Crippen molar-refractivity contribution in [2.24, 2.45) is 0 Å². The van der Waals surface area contributed by atoms with Crippen molar-refractivity contribution in [1.82, 2.24) is 9.88 Å². The van der Waals surface area contributed by atoms with E-state index in [1.807, 2.05) is 31.7 Å². The fraction of sp³-hybridized carbons (Fsp3) is 0.500. The minimum absolute atomic E-state index is 0.0472. The maximum Gasteiger partial charge on any atom is 0.247 e. The number of carbonyl (C=O) groups is 1. The van der Waals surface area contributed by atoms with Gasteiger partial charge in [-0.25, -0.2) is 4.98 Å². The number of rotatable bonds is 1. The largest absolute Gasteiger partial charge is 0.342 e. The van der Waals surface area contributed by atoms with Crippen molar-refractivity contribution >= 4 is 11.7 Å². The predicted octanol–water partition coefficient (Wildman–Crippen LogP) is 1.32. The van der Waals surface area contributed by atoms with Gasteiger partial charge < -0.3 is 9.80 Å². The second kappa shape index (κ2) is 4.54. The highest BCUT2D eigenvalue weighted by molar-refractivity contribution is 5.90. The quantitative estimate of drug-likeness (QED) is 0.762. The zero-order valence-corrected chi connectivity index (χ0v) is 11.8. The molecule has 1 aliphatic rings. The summed E-state index contributed by atoms with van der Waals surface area (Å²) in [6, 6.07) is 5.73. The van der Waals surface area contributed by atoms with Crippen LogP contribution < -0.4 is 4.90 Å². The van der Waals surface area contributed by atoms with Crippen molar-refractivity contribution in [1.29, 1.82) is 5.26 Å². The summed E-state index contributed by atoms with van der Waals surface area (Å²) in [4.78, 5) is 20.4. The summed E-state index contributed by atoms with van der Waals surface area (Å²) in [6.07, 6.45) is 0. The lowest BCUT2D eigenvalue weighted by Gasteiger charge is -2.45. The maximum absolute atomic E-state index is 12.3. The van der Waals surface area contributed by atoms with E-state index in [1.165, 1.54) is 0 Å². The Morgan fingerprint density at radius 2 is 2.05 bits per heavy atom. The van der Waals surface area contributed by atoms with Crippen molar-refractivity contribution in [3.05, 3.63) is 23.4 Å². The number of nitriles is 1. The number of aryl methyl sites for hydroxylation is 1. The molecule has 0 spiro atoms. The van der Waals surface area contributed by atoms with E-state index in [9.17, 15) is 10.1 Å². The van der Waals surface area contributed by atoms with Crippen LogP contribution in [0, 0.1) is 18.3 Å². The van der Waals surface area contributed by atoms with E-state index in [0.717, 1.165) is 5.69 Å². The summed E-state index contributed by atoms with van der Waals surface area (Å²) < 4.78 is 0. The summed E-state index contributed by atoms with van der Waals surface area (Å²) in [5.41, 5.74) is 0.673. The summed E-state index contributed by atoms with van der Waals surface area (Å²) in [6.45, 7) is 6.95. The van der Waals surface area contributed by atoms with Crippen LogP contribution in [-0.4, -0.2) is 41.5 Å². The van der Waals surface area contributed by atoms with Crippen molar-refractivity contribution in [2.45, 2.75) is 26.3 Å². The van der Waals surface area contributed by atoms with Crippen molar-refractivity contribution in [3.63, 3.8) is 0 Å². The van der Waals surface area contributed by atoms with Gasteiger partial charge >= 0.3 is 0 Å². The Morgan fingerprint density at radius 1 is 1.37 bits per heavy atom. The summed E-state index contributed by atoms with van der Waals surface area (Å²) in [5, 5.41) is 9.22. The Balaban J connectivity index is 2.50. The molecule has 2 heterocycles. The topological polar surface area (TPSA) is 60.2 Å². The molecule has 0 atom stereocenters. The number of hydrogen-bond acceptors (Lipinski definition) is 4. The van der Waals surface area contributed by atoms with E-state index < -0.39 is 5.54 Å². The summed E-state index contributed by atoms with van der Waals surface area (Å²) in [7, 11) is 1.80. The number of carbonyl (C=O) groups excluding carboxylic acids is 1. The lowest BCUT2D eigenvalue weighted by Crippen LogP contribution is -2.62. The van der Waals surface area contributed by atoms with Crippen molar-refractivity contribution in [3.8, 4) is 6.07 Å². The van der Waals surface area contributed by atoms with E-state index in [2.05, 4.69) is 11.1 Å². The molecule has 0 aliphatic carbocycles. The number of nitrogens with zero attached hydrogens (tertiary/aromatic N) is 4. The SMILES string of the molecule is Cc1ccc(C#N)c(N2CCN(C)C(=O)C2(C)C)n1. The van der Waals surface area contributed by atoms with E-state index in [0.29, 0.717) is 24.5 Å². The van der Waals surface area contributed by atoms with Crippen LogP contribution in [0.4, 0.5) is 5.82 Å². The highest BCUT2D eigenvalue weighted by Gasteiger charge is 2.41. The molecule has 1 fully saturated rings. The van der Waals surface area contributed by atoms with Gasteiger partial charge in [0, 0.05) is 25.8 Å². The van der Waals surface area contributed by atoms with Crippen molar-refractivity contribution < 1.29 is 4.79 Å². The van der Waals surface area contributed by atoms with Crippen LogP contribution in [0.25, 0.3) is 0 Å². The molecule has 1 aromatic heterocycles. The van der Waals surface area contributed by atoms with Gasteiger partial charge in [-0.2, -0.15) is 5.26 Å².